The Morgan fingerprint density at radius 2 is 2.00 bits per heavy atom. The van der Waals surface area contributed by atoms with E-state index in [1.54, 1.807) is 41.2 Å². The van der Waals surface area contributed by atoms with Crippen LogP contribution >= 0.6 is 11.6 Å². The van der Waals surface area contributed by atoms with Crippen molar-refractivity contribution in [1.82, 2.24) is 34.7 Å². The zero-order valence-electron chi connectivity index (χ0n) is 18.4. The van der Waals surface area contributed by atoms with Crippen molar-refractivity contribution in [3.8, 4) is 5.69 Å². The molecule has 1 amide bonds. The summed E-state index contributed by atoms with van der Waals surface area (Å²) >= 11 is 6.61. The summed E-state index contributed by atoms with van der Waals surface area (Å²) in [6.45, 7) is 0. The molecule has 11 heteroatoms. The Kier molecular flexibility index (Phi) is 4.93. The highest BCUT2D eigenvalue weighted by Gasteiger charge is 2.16. The average molecular weight is 484 g/mol. The van der Waals surface area contributed by atoms with Crippen molar-refractivity contribution in [2.75, 3.05) is 10.6 Å². The van der Waals surface area contributed by atoms with E-state index in [0.717, 1.165) is 27.5 Å². The fourth-order valence-corrected chi connectivity index (χ4v) is 4.18. The summed E-state index contributed by atoms with van der Waals surface area (Å²) in [6.07, 6.45) is 8.34. The summed E-state index contributed by atoms with van der Waals surface area (Å²) in [4.78, 5) is 16.8. The van der Waals surface area contributed by atoms with Gasteiger partial charge in [0.1, 0.15) is 0 Å². The molecule has 172 valence electrons. The topological polar surface area (TPSA) is 118 Å². The lowest BCUT2D eigenvalue weighted by molar-refractivity contribution is 0.102. The van der Waals surface area contributed by atoms with Crippen LogP contribution in [0.3, 0.4) is 0 Å². The number of fused-ring (bicyclic) bond motifs is 2. The number of H-pyrrole nitrogens is 1. The van der Waals surface area contributed by atoms with E-state index in [1.807, 2.05) is 42.5 Å². The van der Waals surface area contributed by atoms with E-state index in [-0.39, 0.29) is 5.91 Å². The molecule has 0 spiro atoms. The largest absolute Gasteiger partial charge is 0.337 e. The van der Waals surface area contributed by atoms with Crippen molar-refractivity contribution in [1.29, 1.82) is 0 Å². The van der Waals surface area contributed by atoms with E-state index in [9.17, 15) is 4.79 Å². The van der Waals surface area contributed by atoms with Gasteiger partial charge in [-0.3, -0.25) is 19.6 Å². The Labute approximate surface area is 203 Å². The summed E-state index contributed by atoms with van der Waals surface area (Å²) < 4.78 is 3.38. The Balaban J connectivity index is 1.36. The molecule has 0 saturated carbocycles. The molecule has 10 nitrogen and oxygen atoms in total. The number of hydrogen-bond donors (Lipinski definition) is 3. The maximum absolute atomic E-state index is 12.6. The first-order valence-electron chi connectivity index (χ1n) is 10.7. The molecule has 0 aliphatic rings. The number of pyridine rings is 1. The number of nitrogens with zero attached hydrogens (tertiary/aromatic N) is 6. The van der Waals surface area contributed by atoms with Gasteiger partial charge in [0.15, 0.2) is 5.82 Å². The number of benzene rings is 2. The van der Waals surface area contributed by atoms with Crippen LogP contribution in [0.2, 0.25) is 5.02 Å². The summed E-state index contributed by atoms with van der Waals surface area (Å²) in [5.74, 6) is 0.360. The molecule has 0 bridgehead atoms. The van der Waals surface area contributed by atoms with E-state index < -0.39 is 0 Å². The van der Waals surface area contributed by atoms with Crippen LogP contribution in [0.15, 0.2) is 73.4 Å². The molecular weight excluding hydrogens is 466 g/mol. The van der Waals surface area contributed by atoms with Crippen molar-refractivity contribution in [2.24, 2.45) is 7.05 Å². The molecule has 4 aromatic heterocycles. The lowest BCUT2D eigenvalue weighted by Gasteiger charge is -2.08. The molecule has 4 heterocycles. The Morgan fingerprint density at radius 3 is 2.86 bits per heavy atom. The summed E-state index contributed by atoms with van der Waals surface area (Å²) in [7, 11) is 1.77. The number of amides is 1. The third-order valence-electron chi connectivity index (χ3n) is 5.61. The standard InChI is InChI=1S/C24H18ClN9O/c1-33-13-14(10-28-33)24(35)29-15-3-2-4-16(9-15)34-21-7-8-26-11-18(21)23(32-34)30-20-6-5-19-17(22(20)25)12-27-31-19/h2-13H,1H3,(H,27,31)(H,29,35)(H,30,32). The van der Waals surface area contributed by atoms with Crippen LogP contribution in [0.5, 0.6) is 0 Å². The molecule has 6 aromatic rings. The van der Waals surface area contributed by atoms with Crippen LogP contribution in [0.25, 0.3) is 27.5 Å². The third kappa shape index (κ3) is 3.75. The Morgan fingerprint density at radius 1 is 1.09 bits per heavy atom. The van der Waals surface area contributed by atoms with Gasteiger partial charge in [0.2, 0.25) is 0 Å². The molecule has 0 unspecified atom stereocenters. The maximum atomic E-state index is 12.6. The van der Waals surface area contributed by atoms with Crippen LogP contribution in [0.1, 0.15) is 10.4 Å². The van der Waals surface area contributed by atoms with Crippen molar-refractivity contribution in [2.45, 2.75) is 0 Å². The number of anilines is 3. The van der Waals surface area contributed by atoms with Gasteiger partial charge in [-0.15, -0.1) is 5.10 Å². The van der Waals surface area contributed by atoms with Crippen LogP contribution in [-0.2, 0) is 7.05 Å². The van der Waals surface area contributed by atoms with Crippen LogP contribution in [-0.4, -0.2) is 40.6 Å². The molecular formula is C24H18ClN9O. The van der Waals surface area contributed by atoms with Gasteiger partial charge in [-0.05, 0) is 36.4 Å². The lowest BCUT2D eigenvalue weighted by atomic mass is 10.2. The highest BCUT2D eigenvalue weighted by atomic mass is 35.5. The molecule has 0 fully saturated rings. The SMILES string of the molecule is Cn1cc(C(=O)Nc2cccc(-n3nc(Nc4ccc5[nH]ncc5c4Cl)c4cnccc43)c2)cn1. The lowest BCUT2D eigenvalue weighted by Crippen LogP contribution is -2.11. The van der Waals surface area contributed by atoms with Gasteiger partial charge in [0.25, 0.3) is 5.91 Å². The number of halogens is 1. The molecule has 0 saturated heterocycles. The second kappa shape index (κ2) is 8.26. The smallest absolute Gasteiger partial charge is 0.258 e. The highest BCUT2D eigenvalue weighted by molar-refractivity contribution is 6.38. The van der Waals surface area contributed by atoms with Gasteiger partial charge in [-0.25, -0.2) is 4.68 Å². The molecule has 0 atom stereocenters. The number of aromatic nitrogens is 7. The summed E-state index contributed by atoms with van der Waals surface area (Å²) in [5.41, 5.74) is 4.29. The zero-order valence-corrected chi connectivity index (χ0v) is 19.2. The number of carbonyl (C=O) groups excluding carboxylic acids is 1. The first-order chi connectivity index (χ1) is 17.1. The number of aromatic amines is 1. The van der Waals surface area contributed by atoms with E-state index in [1.165, 1.54) is 6.20 Å². The van der Waals surface area contributed by atoms with Crippen LogP contribution < -0.4 is 10.6 Å². The second-order valence-corrected chi connectivity index (χ2v) is 8.32. The molecule has 0 aliphatic carbocycles. The number of hydrogen-bond acceptors (Lipinski definition) is 6. The second-order valence-electron chi connectivity index (χ2n) is 7.94. The first-order valence-corrected chi connectivity index (χ1v) is 11.1. The minimum absolute atomic E-state index is 0.239. The molecule has 2 aromatic carbocycles. The van der Waals surface area contributed by atoms with Crippen molar-refractivity contribution in [3.63, 3.8) is 0 Å². The fraction of sp³-hybridized carbons (Fsp3) is 0.0417. The Bertz CT molecular complexity index is 1710. The van der Waals surface area contributed by atoms with E-state index in [4.69, 9.17) is 16.7 Å². The first kappa shape index (κ1) is 20.9. The quantitative estimate of drug-likeness (QED) is 0.327. The summed E-state index contributed by atoms with van der Waals surface area (Å²) in [6, 6.07) is 13.1. The number of rotatable bonds is 5. The minimum Gasteiger partial charge on any atom is -0.337 e. The van der Waals surface area contributed by atoms with Crippen molar-refractivity contribution in [3.05, 3.63) is 84.0 Å². The highest BCUT2D eigenvalue weighted by Crippen LogP contribution is 2.34. The van der Waals surface area contributed by atoms with Gasteiger partial charge in [0.05, 0.1) is 50.8 Å². The predicted molar refractivity (Wildman–Crippen MR) is 134 cm³/mol. The predicted octanol–water partition coefficient (Wildman–Crippen LogP) is 4.68. The normalized spacial score (nSPS) is 11.3. The molecule has 35 heavy (non-hydrogen) atoms. The average Bonchev–Trinajstić information content (AvgIpc) is 3.60. The van der Waals surface area contributed by atoms with Gasteiger partial charge < -0.3 is 10.6 Å². The molecule has 0 aliphatic heterocycles. The number of nitrogens with one attached hydrogen (secondary N) is 3. The van der Waals surface area contributed by atoms with Crippen molar-refractivity contribution < 1.29 is 4.79 Å². The number of aryl methyl sites for hydroxylation is 1. The Hall–Kier alpha value is -4.70. The van der Waals surface area contributed by atoms with Gasteiger partial charge >= 0.3 is 0 Å². The van der Waals surface area contributed by atoms with Gasteiger partial charge in [-0.2, -0.15) is 10.2 Å². The van der Waals surface area contributed by atoms with E-state index in [2.05, 4.69) is 30.9 Å². The molecule has 0 radical (unpaired) electrons. The van der Waals surface area contributed by atoms with E-state index >= 15 is 0 Å². The van der Waals surface area contributed by atoms with Crippen LogP contribution in [0, 0.1) is 0 Å². The van der Waals surface area contributed by atoms with Crippen molar-refractivity contribution >= 4 is 56.5 Å². The number of carbonyl (C=O) groups is 1. The maximum Gasteiger partial charge on any atom is 0.258 e. The van der Waals surface area contributed by atoms with Gasteiger partial charge in [0, 0.05) is 36.7 Å². The van der Waals surface area contributed by atoms with E-state index in [0.29, 0.717) is 27.8 Å². The molecule has 3 N–H and O–H groups in total. The zero-order chi connectivity index (χ0) is 23.9. The third-order valence-corrected chi connectivity index (χ3v) is 6.02. The monoisotopic (exact) mass is 483 g/mol. The molecule has 6 rings (SSSR count). The minimum atomic E-state index is -0.239. The summed E-state index contributed by atoms with van der Waals surface area (Å²) in [5, 5.41) is 24.2. The fourth-order valence-electron chi connectivity index (χ4n) is 3.92. The van der Waals surface area contributed by atoms with Gasteiger partial charge in [-0.1, -0.05) is 17.7 Å². The van der Waals surface area contributed by atoms with Crippen LogP contribution in [0.4, 0.5) is 17.2 Å².